The Labute approximate surface area is 116 Å². The van der Waals surface area contributed by atoms with Gasteiger partial charge in [0.1, 0.15) is 0 Å². The molecule has 1 N–H and O–H groups in total. The number of hydrogen-bond donors (Lipinski definition) is 1. The summed E-state index contributed by atoms with van der Waals surface area (Å²) < 4.78 is 36.8. The summed E-state index contributed by atoms with van der Waals surface area (Å²) in [5.74, 6) is -1.86. The highest BCUT2D eigenvalue weighted by Crippen LogP contribution is 2.44. The molecule has 1 aliphatic rings. The second-order valence-corrected chi connectivity index (χ2v) is 5.34. The van der Waals surface area contributed by atoms with Crippen LogP contribution in [0.25, 0.3) is 10.8 Å². The number of hydrogen-bond acceptors (Lipinski definition) is 3. The maximum atomic E-state index is 12.3. The number of ketones is 1. The zero-order valence-corrected chi connectivity index (χ0v) is 10.8. The van der Waals surface area contributed by atoms with Crippen molar-refractivity contribution in [2.75, 3.05) is 5.32 Å². The lowest BCUT2D eigenvalue weighted by Crippen LogP contribution is -2.20. The number of thioether (sulfide) groups is 1. The molecule has 1 aliphatic heterocycles. The van der Waals surface area contributed by atoms with Gasteiger partial charge in [-0.05, 0) is 11.5 Å². The molecule has 0 aromatic heterocycles. The first-order valence-electron chi connectivity index (χ1n) is 5.74. The lowest BCUT2D eigenvalue weighted by atomic mass is 10.1. The van der Waals surface area contributed by atoms with Crippen LogP contribution in [0.5, 0.6) is 0 Å². The number of halogens is 3. The second-order valence-electron chi connectivity index (χ2n) is 4.26. The highest BCUT2D eigenvalue weighted by atomic mass is 32.2. The van der Waals surface area contributed by atoms with Gasteiger partial charge in [-0.25, -0.2) is 0 Å². The van der Waals surface area contributed by atoms with Crippen molar-refractivity contribution in [3.05, 3.63) is 47.5 Å². The lowest BCUT2D eigenvalue weighted by molar-refractivity contribution is -0.165. The van der Waals surface area contributed by atoms with Crippen molar-refractivity contribution in [1.29, 1.82) is 0 Å². The van der Waals surface area contributed by atoms with Crippen molar-refractivity contribution >= 4 is 34.0 Å². The van der Waals surface area contributed by atoms with E-state index in [0.29, 0.717) is 6.08 Å². The normalized spacial score (nSPS) is 16.2. The van der Waals surface area contributed by atoms with E-state index < -0.39 is 12.0 Å². The van der Waals surface area contributed by atoms with Crippen molar-refractivity contribution < 1.29 is 18.0 Å². The van der Waals surface area contributed by atoms with Gasteiger partial charge in [0, 0.05) is 16.4 Å². The predicted molar refractivity (Wildman–Crippen MR) is 72.6 cm³/mol. The summed E-state index contributed by atoms with van der Waals surface area (Å²) in [5.41, 5.74) is 0.745. The van der Waals surface area contributed by atoms with Crippen molar-refractivity contribution in [2.45, 2.75) is 11.1 Å². The summed E-state index contributed by atoms with van der Waals surface area (Å²) >= 11 is 1.12. The molecule has 0 aliphatic carbocycles. The van der Waals surface area contributed by atoms with E-state index in [1.807, 2.05) is 36.4 Å². The first-order valence-corrected chi connectivity index (χ1v) is 6.56. The minimum absolute atomic E-state index is 0.193. The van der Waals surface area contributed by atoms with E-state index in [1.54, 1.807) is 0 Å². The molecule has 0 bridgehead atoms. The number of alkyl halides is 3. The SMILES string of the molecule is O=C(/C=C1\Nc2c(ccc3ccccc23)S1)C(F)(F)F. The van der Waals surface area contributed by atoms with Crippen molar-refractivity contribution in [3.63, 3.8) is 0 Å². The number of rotatable bonds is 1. The molecule has 2 aromatic rings. The van der Waals surface area contributed by atoms with Crippen molar-refractivity contribution in [3.8, 4) is 0 Å². The summed E-state index contributed by atoms with van der Waals surface area (Å²) in [6.45, 7) is 0. The first-order chi connectivity index (χ1) is 9.45. The summed E-state index contributed by atoms with van der Waals surface area (Å²) in [7, 11) is 0. The van der Waals surface area contributed by atoms with E-state index in [9.17, 15) is 18.0 Å². The highest BCUT2D eigenvalue weighted by molar-refractivity contribution is 8.03. The van der Waals surface area contributed by atoms with Gasteiger partial charge in [0.05, 0.1) is 10.7 Å². The molecular formula is C14H8F3NOS. The molecule has 0 saturated heterocycles. The fourth-order valence-electron chi connectivity index (χ4n) is 2.00. The van der Waals surface area contributed by atoms with E-state index in [4.69, 9.17) is 0 Å². The van der Waals surface area contributed by atoms with Crippen LogP contribution in [0, 0.1) is 0 Å². The van der Waals surface area contributed by atoms with Crippen LogP contribution >= 0.6 is 11.8 Å². The summed E-state index contributed by atoms with van der Waals surface area (Å²) in [4.78, 5) is 11.8. The van der Waals surface area contributed by atoms with Crippen LogP contribution in [0.1, 0.15) is 0 Å². The minimum Gasteiger partial charge on any atom is -0.348 e. The molecule has 6 heteroatoms. The number of anilines is 1. The fourth-order valence-corrected chi connectivity index (χ4v) is 2.95. The Morgan fingerprint density at radius 2 is 1.90 bits per heavy atom. The molecule has 102 valence electrons. The zero-order chi connectivity index (χ0) is 14.3. The number of allylic oxidation sites excluding steroid dienone is 1. The highest BCUT2D eigenvalue weighted by Gasteiger charge is 2.37. The van der Waals surface area contributed by atoms with Crippen LogP contribution in [0.2, 0.25) is 0 Å². The molecule has 1 heterocycles. The molecule has 0 saturated carbocycles. The molecule has 0 radical (unpaired) electrons. The van der Waals surface area contributed by atoms with Crippen molar-refractivity contribution in [1.82, 2.24) is 0 Å². The van der Waals surface area contributed by atoms with Gasteiger partial charge in [0.15, 0.2) is 0 Å². The number of carbonyl (C=O) groups excluding carboxylic acids is 1. The van der Waals surface area contributed by atoms with Crippen LogP contribution < -0.4 is 5.32 Å². The summed E-state index contributed by atoms with van der Waals surface area (Å²) in [6, 6.07) is 11.3. The molecule has 0 amide bonds. The number of benzene rings is 2. The van der Waals surface area contributed by atoms with E-state index in [2.05, 4.69) is 5.32 Å². The molecular weight excluding hydrogens is 287 g/mol. The smallest absolute Gasteiger partial charge is 0.348 e. The molecule has 3 rings (SSSR count). The monoisotopic (exact) mass is 295 g/mol. The van der Waals surface area contributed by atoms with Gasteiger partial charge in [0.2, 0.25) is 0 Å². The average molecular weight is 295 g/mol. The largest absolute Gasteiger partial charge is 0.454 e. The lowest BCUT2D eigenvalue weighted by Gasteiger charge is -2.04. The third kappa shape index (κ3) is 2.27. The minimum atomic E-state index is -4.84. The van der Waals surface area contributed by atoms with E-state index in [0.717, 1.165) is 33.1 Å². The van der Waals surface area contributed by atoms with Gasteiger partial charge >= 0.3 is 6.18 Å². The van der Waals surface area contributed by atoms with Crippen LogP contribution in [-0.2, 0) is 4.79 Å². The Morgan fingerprint density at radius 1 is 1.15 bits per heavy atom. The van der Waals surface area contributed by atoms with Crippen LogP contribution in [0.3, 0.4) is 0 Å². The molecule has 0 atom stereocenters. The van der Waals surface area contributed by atoms with Gasteiger partial charge in [-0.3, -0.25) is 4.79 Å². The third-order valence-corrected chi connectivity index (χ3v) is 3.90. The number of nitrogens with one attached hydrogen (secondary N) is 1. The van der Waals surface area contributed by atoms with E-state index >= 15 is 0 Å². The maximum Gasteiger partial charge on any atom is 0.454 e. The standard InChI is InChI=1S/C14H8F3NOS/c15-14(16,17)11(19)7-12-18-13-9-4-2-1-3-8(9)5-6-10(13)20-12/h1-7,18H/b12-7+. The van der Waals surface area contributed by atoms with E-state index in [1.165, 1.54) is 0 Å². The summed E-state index contributed by atoms with van der Waals surface area (Å²) in [5, 5.41) is 4.98. The average Bonchev–Trinajstić information content (AvgIpc) is 2.80. The Hall–Kier alpha value is -1.95. The Bertz CT molecular complexity index is 737. The maximum absolute atomic E-state index is 12.3. The number of carbonyl (C=O) groups is 1. The van der Waals surface area contributed by atoms with Gasteiger partial charge in [0.25, 0.3) is 5.78 Å². The van der Waals surface area contributed by atoms with Crippen LogP contribution in [-0.4, -0.2) is 12.0 Å². The van der Waals surface area contributed by atoms with Crippen molar-refractivity contribution in [2.24, 2.45) is 0 Å². The Kier molecular flexibility index (Phi) is 2.97. The Morgan fingerprint density at radius 3 is 2.65 bits per heavy atom. The molecule has 2 aromatic carbocycles. The van der Waals surface area contributed by atoms with Gasteiger partial charge in [-0.1, -0.05) is 42.1 Å². The first kappa shape index (κ1) is 13.1. The summed E-state index contributed by atoms with van der Waals surface area (Å²) in [6.07, 6.45) is -4.24. The predicted octanol–water partition coefficient (Wildman–Crippen LogP) is 4.33. The van der Waals surface area contributed by atoms with Crippen LogP contribution in [0.15, 0.2) is 52.4 Å². The quantitative estimate of drug-likeness (QED) is 0.794. The molecule has 2 nitrogen and oxygen atoms in total. The third-order valence-electron chi connectivity index (χ3n) is 2.90. The molecule has 20 heavy (non-hydrogen) atoms. The van der Waals surface area contributed by atoms with Crippen LogP contribution in [0.4, 0.5) is 18.9 Å². The van der Waals surface area contributed by atoms with Gasteiger partial charge in [-0.2, -0.15) is 13.2 Å². The topological polar surface area (TPSA) is 29.1 Å². The molecule has 0 unspecified atom stereocenters. The zero-order valence-electron chi connectivity index (χ0n) is 9.99. The molecule has 0 spiro atoms. The second kappa shape index (κ2) is 4.56. The Balaban J connectivity index is 1.99. The molecule has 0 fully saturated rings. The van der Waals surface area contributed by atoms with Gasteiger partial charge in [-0.15, -0.1) is 0 Å². The van der Waals surface area contributed by atoms with E-state index in [-0.39, 0.29) is 5.03 Å². The number of fused-ring (bicyclic) bond motifs is 3. The van der Waals surface area contributed by atoms with Gasteiger partial charge < -0.3 is 5.32 Å². The fraction of sp³-hybridized carbons (Fsp3) is 0.0714.